The van der Waals surface area contributed by atoms with Gasteiger partial charge in [0.25, 0.3) is 0 Å². The first kappa shape index (κ1) is 20.0. The summed E-state index contributed by atoms with van der Waals surface area (Å²) in [5, 5.41) is 0. The van der Waals surface area contributed by atoms with Gasteiger partial charge in [-0.1, -0.05) is 71.9 Å². The van der Waals surface area contributed by atoms with Crippen molar-refractivity contribution in [3.8, 4) is 22.6 Å². The summed E-state index contributed by atoms with van der Waals surface area (Å²) in [4.78, 5) is 0. The Morgan fingerprint density at radius 1 is 0.679 bits per heavy atom. The highest BCUT2D eigenvalue weighted by Gasteiger charge is 2.21. The molecule has 2 heteroatoms. The van der Waals surface area contributed by atoms with Gasteiger partial charge in [0.15, 0.2) is 0 Å². The van der Waals surface area contributed by atoms with Crippen molar-refractivity contribution in [3.05, 3.63) is 77.9 Å². The molecule has 0 saturated carbocycles. The van der Waals surface area contributed by atoms with Crippen LogP contribution >= 0.6 is 0 Å². The SMILES string of the molecule is CC(C)(C)c1cccc(-c2ccc(Oc3ccc(N)cc3)c(C(C)(C)C)c2)c1. The number of ether oxygens (including phenoxy) is 1. The van der Waals surface area contributed by atoms with Crippen molar-refractivity contribution < 1.29 is 4.74 Å². The van der Waals surface area contributed by atoms with E-state index < -0.39 is 0 Å². The number of hydrogen-bond acceptors (Lipinski definition) is 2. The largest absolute Gasteiger partial charge is 0.457 e. The molecule has 146 valence electrons. The van der Waals surface area contributed by atoms with Crippen molar-refractivity contribution in [2.24, 2.45) is 0 Å². The third-order valence-corrected chi connectivity index (χ3v) is 4.96. The Balaban J connectivity index is 2.03. The first-order chi connectivity index (χ1) is 13.0. The minimum Gasteiger partial charge on any atom is -0.457 e. The lowest BCUT2D eigenvalue weighted by Crippen LogP contribution is -2.13. The van der Waals surface area contributed by atoms with Crippen LogP contribution in [0.2, 0.25) is 0 Å². The molecule has 0 spiro atoms. The summed E-state index contributed by atoms with van der Waals surface area (Å²) < 4.78 is 6.20. The Labute approximate surface area is 169 Å². The number of nitrogens with two attached hydrogens (primary N) is 1. The minimum absolute atomic E-state index is 0.0409. The van der Waals surface area contributed by atoms with Gasteiger partial charge in [-0.3, -0.25) is 0 Å². The van der Waals surface area contributed by atoms with Crippen molar-refractivity contribution in [3.63, 3.8) is 0 Å². The minimum atomic E-state index is -0.0409. The summed E-state index contributed by atoms with van der Waals surface area (Å²) in [6.07, 6.45) is 0. The summed E-state index contributed by atoms with van der Waals surface area (Å²) >= 11 is 0. The monoisotopic (exact) mass is 373 g/mol. The van der Waals surface area contributed by atoms with E-state index in [1.54, 1.807) is 0 Å². The molecule has 28 heavy (non-hydrogen) atoms. The highest BCUT2D eigenvalue weighted by molar-refractivity contribution is 5.67. The van der Waals surface area contributed by atoms with Crippen LogP contribution in [0.15, 0.2) is 66.7 Å². The van der Waals surface area contributed by atoms with E-state index >= 15 is 0 Å². The first-order valence-corrected chi connectivity index (χ1v) is 9.83. The van der Waals surface area contributed by atoms with Gasteiger partial charge in [-0.25, -0.2) is 0 Å². The van der Waals surface area contributed by atoms with Crippen LogP contribution in [0.4, 0.5) is 5.69 Å². The van der Waals surface area contributed by atoms with Crippen LogP contribution in [0, 0.1) is 0 Å². The summed E-state index contributed by atoms with van der Waals surface area (Å²) in [6, 6.07) is 22.8. The van der Waals surface area contributed by atoms with Gasteiger partial charge in [-0.05, 0) is 63.9 Å². The van der Waals surface area contributed by atoms with E-state index in [2.05, 4.69) is 84.0 Å². The third kappa shape index (κ3) is 4.56. The third-order valence-electron chi connectivity index (χ3n) is 4.96. The number of hydrogen-bond donors (Lipinski definition) is 1. The molecular weight excluding hydrogens is 342 g/mol. The Hall–Kier alpha value is -2.74. The molecule has 0 aliphatic carbocycles. The quantitative estimate of drug-likeness (QED) is 0.488. The molecular formula is C26H31NO. The second-order valence-electron chi connectivity index (χ2n) is 9.46. The summed E-state index contributed by atoms with van der Waals surface area (Å²) in [5.41, 5.74) is 11.6. The topological polar surface area (TPSA) is 35.2 Å². The number of rotatable bonds is 3. The van der Waals surface area contributed by atoms with E-state index in [4.69, 9.17) is 10.5 Å². The van der Waals surface area contributed by atoms with Gasteiger partial charge in [0.05, 0.1) is 0 Å². The van der Waals surface area contributed by atoms with Crippen LogP contribution in [0.1, 0.15) is 52.7 Å². The summed E-state index contributed by atoms with van der Waals surface area (Å²) in [5.74, 6) is 1.68. The molecule has 3 aromatic rings. The van der Waals surface area contributed by atoms with Crippen LogP contribution in [0.5, 0.6) is 11.5 Å². The van der Waals surface area contributed by atoms with Crippen LogP contribution < -0.4 is 10.5 Å². The zero-order chi connectivity index (χ0) is 20.5. The van der Waals surface area contributed by atoms with E-state index in [1.807, 2.05) is 24.3 Å². The van der Waals surface area contributed by atoms with Gasteiger partial charge in [-0.15, -0.1) is 0 Å². The molecule has 0 amide bonds. The number of benzene rings is 3. The van der Waals surface area contributed by atoms with Crippen LogP contribution in [-0.2, 0) is 10.8 Å². The maximum Gasteiger partial charge on any atom is 0.131 e. The average molecular weight is 374 g/mol. The fourth-order valence-corrected chi connectivity index (χ4v) is 3.21. The molecule has 0 heterocycles. The Bertz CT molecular complexity index is 957. The Kier molecular flexibility index (Phi) is 5.25. The van der Waals surface area contributed by atoms with Gasteiger partial charge in [0.2, 0.25) is 0 Å². The highest BCUT2D eigenvalue weighted by Crippen LogP contribution is 2.38. The van der Waals surface area contributed by atoms with Crippen LogP contribution in [-0.4, -0.2) is 0 Å². The molecule has 0 aliphatic heterocycles. The summed E-state index contributed by atoms with van der Waals surface area (Å²) in [6.45, 7) is 13.4. The number of anilines is 1. The molecule has 0 aliphatic rings. The molecule has 2 nitrogen and oxygen atoms in total. The molecule has 0 saturated heterocycles. The fourth-order valence-electron chi connectivity index (χ4n) is 3.21. The zero-order valence-electron chi connectivity index (χ0n) is 17.8. The van der Waals surface area contributed by atoms with Crippen molar-refractivity contribution in [2.45, 2.75) is 52.4 Å². The van der Waals surface area contributed by atoms with E-state index in [1.165, 1.54) is 22.3 Å². The molecule has 0 aromatic heterocycles. The highest BCUT2D eigenvalue weighted by atomic mass is 16.5. The van der Waals surface area contributed by atoms with Gasteiger partial charge in [0.1, 0.15) is 11.5 Å². The van der Waals surface area contributed by atoms with E-state index in [0.29, 0.717) is 0 Å². The van der Waals surface area contributed by atoms with Crippen LogP contribution in [0.25, 0.3) is 11.1 Å². The Morgan fingerprint density at radius 3 is 1.93 bits per heavy atom. The molecule has 3 aromatic carbocycles. The van der Waals surface area contributed by atoms with Gasteiger partial charge < -0.3 is 10.5 Å². The molecule has 0 atom stereocenters. The normalized spacial score (nSPS) is 12.1. The fraction of sp³-hybridized carbons (Fsp3) is 0.308. The smallest absolute Gasteiger partial charge is 0.131 e. The van der Waals surface area contributed by atoms with Gasteiger partial charge in [0, 0.05) is 11.3 Å². The number of nitrogen functional groups attached to an aromatic ring is 1. The van der Waals surface area contributed by atoms with Gasteiger partial charge >= 0.3 is 0 Å². The predicted octanol–water partition coefficient (Wildman–Crippen LogP) is 7.32. The van der Waals surface area contributed by atoms with E-state index in [-0.39, 0.29) is 10.8 Å². The average Bonchev–Trinajstić information content (AvgIpc) is 2.62. The molecule has 0 radical (unpaired) electrons. The molecule has 0 unspecified atom stereocenters. The lowest BCUT2D eigenvalue weighted by Gasteiger charge is -2.24. The lowest BCUT2D eigenvalue weighted by molar-refractivity contribution is 0.455. The van der Waals surface area contributed by atoms with Crippen molar-refractivity contribution in [2.75, 3.05) is 5.73 Å². The molecule has 2 N–H and O–H groups in total. The van der Waals surface area contributed by atoms with Crippen LogP contribution in [0.3, 0.4) is 0 Å². The first-order valence-electron chi connectivity index (χ1n) is 9.83. The second-order valence-corrected chi connectivity index (χ2v) is 9.46. The van der Waals surface area contributed by atoms with E-state index in [9.17, 15) is 0 Å². The lowest BCUT2D eigenvalue weighted by atomic mass is 9.83. The van der Waals surface area contributed by atoms with Crippen molar-refractivity contribution >= 4 is 5.69 Å². The van der Waals surface area contributed by atoms with Gasteiger partial charge in [-0.2, -0.15) is 0 Å². The zero-order valence-corrected chi connectivity index (χ0v) is 17.8. The standard InChI is InChI=1S/C26H31NO/c1-25(2,3)20-9-7-8-18(16-20)19-10-15-24(23(17-19)26(4,5)6)28-22-13-11-21(27)12-14-22/h7-17H,27H2,1-6H3. The van der Waals surface area contributed by atoms with Crippen molar-refractivity contribution in [1.82, 2.24) is 0 Å². The van der Waals surface area contributed by atoms with E-state index in [0.717, 1.165) is 17.2 Å². The predicted molar refractivity (Wildman–Crippen MR) is 120 cm³/mol. The second kappa shape index (κ2) is 7.35. The molecule has 0 fully saturated rings. The molecule has 3 rings (SSSR count). The Morgan fingerprint density at radius 2 is 1.32 bits per heavy atom. The molecule has 0 bridgehead atoms. The summed E-state index contributed by atoms with van der Waals surface area (Å²) in [7, 11) is 0. The maximum absolute atomic E-state index is 6.20. The maximum atomic E-state index is 6.20. The van der Waals surface area contributed by atoms with Crippen molar-refractivity contribution in [1.29, 1.82) is 0 Å².